The van der Waals surface area contributed by atoms with Gasteiger partial charge in [0.15, 0.2) is 17.3 Å². The predicted molar refractivity (Wildman–Crippen MR) is 163 cm³/mol. The van der Waals surface area contributed by atoms with Gasteiger partial charge in [-0.1, -0.05) is 54.6 Å². The minimum Gasteiger partial charge on any atom is -0.496 e. The van der Waals surface area contributed by atoms with Crippen LogP contribution in [0.2, 0.25) is 0 Å². The third kappa shape index (κ3) is 7.51. The molecule has 0 aliphatic heterocycles. The van der Waals surface area contributed by atoms with Crippen molar-refractivity contribution in [3.05, 3.63) is 131 Å². The Labute approximate surface area is 244 Å². The Hall–Kier alpha value is -5.63. The molecule has 4 aromatic rings. The summed E-state index contributed by atoms with van der Waals surface area (Å²) in [6.07, 6.45) is 4.73. The number of ketones is 1. The van der Waals surface area contributed by atoms with E-state index in [2.05, 4.69) is 10.6 Å². The average Bonchev–Trinajstić information content (AvgIpc) is 3.04. The molecule has 2 amide bonds. The van der Waals surface area contributed by atoms with Crippen molar-refractivity contribution in [1.29, 1.82) is 0 Å². The van der Waals surface area contributed by atoms with Crippen molar-refractivity contribution in [2.45, 2.75) is 0 Å². The van der Waals surface area contributed by atoms with Crippen molar-refractivity contribution >= 4 is 35.4 Å². The first kappa shape index (κ1) is 29.4. The van der Waals surface area contributed by atoms with Gasteiger partial charge in [-0.2, -0.15) is 0 Å². The van der Waals surface area contributed by atoms with Crippen molar-refractivity contribution in [1.82, 2.24) is 5.32 Å². The van der Waals surface area contributed by atoms with Gasteiger partial charge in [0.05, 0.1) is 21.3 Å². The largest absolute Gasteiger partial charge is 0.496 e. The van der Waals surface area contributed by atoms with E-state index in [9.17, 15) is 14.4 Å². The monoisotopic (exact) mass is 562 g/mol. The Bertz CT molecular complexity index is 1610. The highest BCUT2D eigenvalue weighted by Gasteiger charge is 2.18. The van der Waals surface area contributed by atoms with Crippen molar-refractivity contribution in [2.24, 2.45) is 0 Å². The van der Waals surface area contributed by atoms with E-state index in [-0.39, 0.29) is 11.5 Å². The fourth-order valence-corrected chi connectivity index (χ4v) is 4.01. The van der Waals surface area contributed by atoms with Crippen LogP contribution in [-0.2, 0) is 4.79 Å². The third-order valence-corrected chi connectivity index (χ3v) is 6.22. The second kappa shape index (κ2) is 14.1. The topological polar surface area (TPSA) is 103 Å². The fraction of sp³-hybridized carbons (Fsp3) is 0.0882. The van der Waals surface area contributed by atoms with E-state index in [0.717, 1.165) is 5.56 Å². The zero-order valence-electron chi connectivity index (χ0n) is 23.4. The lowest BCUT2D eigenvalue weighted by Gasteiger charge is -2.15. The molecule has 2 N–H and O–H groups in total. The zero-order valence-corrected chi connectivity index (χ0v) is 23.4. The van der Waals surface area contributed by atoms with Gasteiger partial charge < -0.3 is 24.8 Å². The summed E-state index contributed by atoms with van der Waals surface area (Å²) >= 11 is 0. The van der Waals surface area contributed by atoms with Crippen molar-refractivity contribution in [3.8, 4) is 17.2 Å². The maximum atomic E-state index is 13.5. The maximum absolute atomic E-state index is 13.5. The Kier molecular flexibility index (Phi) is 9.88. The minimum absolute atomic E-state index is 0.0414. The second-order valence-corrected chi connectivity index (χ2v) is 8.97. The lowest BCUT2D eigenvalue weighted by Crippen LogP contribution is -2.30. The summed E-state index contributed by atoms with van der Waals surface area (Å²) in [4.78, 5) is 39.1. The lowest BCUT2D eigenvalue weighted by atomic mass is 10.1. The first-order valence-electron chi connectivity index (χ1n) is 13.0. The van der Waals surface area contributed by atoms with Crippen LogP contribution in [0.3, 0.4) is 0 Å². The number of carbonyl (C=O) groups is 3. The maximum Gasteiger partial charge on any atom is 0.272 e. The molecule has 0 spiro atoms. The third-order valence-electron chi connectivity index (χ3n) is 6.22. The average molecular weight is 563 g/mol. The molecule has 0 aliphatic carbocycles. The highest BCUT2D eigenvalue weighted by Crippen LogP contribution is 2.35. The molecule has 8 heteroatoms. The number of nitrogens with one attached hydrogen (secondary N) is 2. The normalized spacial score (nSPS) is 11.1. The second-order valence-electron chi connectivity index (χ2n) is 8.97. The number of carbonyl (C=O) groups excluding carboxylic acids is 3. The van der Waals surface area contributed by atoms with Crippen LogP contribution in [0.5, 0.6) is 17.2 Å². The molecule has 0 saturated heterocycles. The molecule has 0 atom stereocenters. The summed E-state index contributed by atoms with van der Waals surface area (Å²) in [6.45, 7) is 0. The Balaban J connectivity index is 1.59. The number of amides is 2. The molecule has 212 valence electrons. The quantitative estimate of drug-likeness (QED) is 0.171. The molecule has 0 saturated carbocycles. The predicted octanol–water partition coefficient (Wildman–Crippen LogP) is 6.02. The minimum atomic E-state index is -0.584. The van der Waals surface area contributed by atoms with Gasteiger partial charge in [0, 0.05) is 28.4 Å². The van der Waals surface area contributed by atoms with Crippen LogP contribution in [0.25, 0.3) is 12.2 Å². The first-order chi connectivity index (χ1) is 20.4. The van der Waals surface area contributed by atoms with Gasteiger partial charge in [-0.25, -0.2) is 0 Å². The van der Waals surface area contributed by atoms with Crippen LogP contribution in [0.1, 0.15) is 31.8 Å². The number of rotatable bonds is 11. The smallest absolute Gasteiger partial charge is 0.272 e. The SMILES string of the molecule is COc1cc(OC)c(OC)cc1/C=C(\NC(=O)c1ccccc1)C(=O)Nc1ccc(C(=O)/C=C/c2ccccc2)cc1. The number of ether oxygens (including phenoxy) is 3. The van der Waals surface area contributed by atoms with Crippen LogP contribution < -0.4 is 24.8 Å². The molecule has 4 rings (SSSR count). The summed E-state index contributed by atoms with van der Waals surface area (Å²) in [6, 6.07) is 27.8. The van der Waals surface area contributed by atoms with E-state index in [0.29, 0.717) is 39.6 Å². The summed E-state index contributed by atoms with van der Waals surface area (Å²) in [5.41, 5.74) is 2.62. The standard InChI is InChI=1S/C34H30N2O6/c1-40-30-22-32(42-3)31(41-2)21-26(30)20-28(36-33(38)25-12-8-5-9-13-25)34(39)35-27-17-15-24(16-18-27)29(37)19-14-23-10-6-4-7-11-23/h4-22H,1-3H3,(H,35,39)(H,36,38)/b19-14+,28-20-. The van der Waals surface area contributed by atoms with Gasteiger partial charge in [0.1, 0.15) is 11.4 Å². The lowest BCUT2D eigenvalue weighted by molar-refractivity contribution is -0.113. The summed E-state index contributed by atoms with van der Waals surface area (Å²) in [7, 11) is 4.48. The number of methoxy groups -OCH3 is 3. The van der Waals surface area contributed by atoms with Gasteiger partial charge in [-0.3, -0.25) is 14.4 Å². The van der Waals surface area contributed by atoms with Crippen LogP contribution in [-0.4, -0.2) is 38.9 Å². The molecule has 8 nitrogen and oxygen atoms in total. The van der Waals surface area contributed by atoms with E-state index in [1.54, 1.807) is 72.8 Å². The van der Waals surface area contributed by atoms with Gasteiger partial charge in [-0.05, 0) is 60.2 Å². The van der Waals surface area contributed by atoms with E-state index in [4.69, 9.17) is 14.2 Å². The number of hydrogen-bond acceptors (Lipinski definition) is 6. The molecule has 0 heterocycles. The van der Waals surface area contributed by atoms with E-state index < -0.39 is 11.8 Å². The molecule has 0 fully saturated rings. The van der Waals surface area contributed by atoms with Crippen LogP contribution in [0, 0.1) is 0 Å². The van der Waals surface area contributed by atoms with Gasteiger partial charge in [0.25, 0.3) is 11.8 Å². The summed E-state index contributed by atoms with van der Waals surface area (Å²) < 4.78 is 16.3. The van der Waals surface area contributed by atoms with Crippen LogP contribution in [0.4, 0.5) is 5.69 Å². The number of hydrogen-bond donors (Lipinski definition) is 2. The molecular weight excluding hydrogens is 532 g/mol. The van der Waals surface area contributed by atoms with Crippen LogP contribution >= 0.6 is 0 Å². The highest BCUT2D eigenvalue weighted by molar-refractivity contribution is 6.11. The molecule has 0 unspecified atom stereocenters. The zero-order chi connectivity index (χ0) is 29.9. The van der Waals surface area contributed by atoms with E-state index in [1.165, 1.54) is 33.5 Å². The van der Waals surface area contributed by atoms with Gasteiger partial charge >= 0.3 is 0 Å². The Morgan fingerprint density at radius 2 is 1.26 bits per heavy atom. The van der Waals surface area contributed by atoms with E-state index in [1.807, 2.05) is 30.3 Å². The molecule has 0 aromatic heterocycles. The number of benzene rings is 4. The molecule has 0 radical (unpaired) electrons. The van der Waals surface area contributed by atoms with Gasteiger partial charge in [-0.15, -0.1) is 0 Å². The van der Waals surface area contributed by atoms with Crippen molar-refractivity contribution in [2.75, 3.05) is 26.6 Å². The van der Waals surface area contributed by atoms with E-state index >= 15 is 0 Å². The van der Waals surface area contributed by atoms with Crippen molar-refractivity contribution in [3.63, 3.8) is 0 Å². The molecule has 42 heavy (non-hydrogen) atoms. The fourth-order valence-electron chi connectivity index (χ4n) is 4.01. The Morgan fingerprint density at radius 1 is 0.667 bits per heavy atom. The Morgan fingerprint density at radius 3 is 1.88 bits per heavy atom. The number of anilines is 1. The molecule has 0 aliphatic rings. The highest BCUT2D eigenvalue weighted by atomic mass is 16.5. The van der Waals surface area contributed by atoms with Gasteiger partial charge in [0.2, 0.25) is 0 Å². The summed E-state index contributed by atoms with van der Waals surface area (Å²) in [5.74, 6) is 0.0346. The molecule has 4 aromatic carbocycles. The summed E-state index contributed by atoms with van der Waals surface area (Å²) in [5, 5.41) is 5.48. The molecule has 0 bridgehead atoms. The van der Waals surface area contributed by atoms with Crippen LogP contribution in [0.15, 0.2) is 109 Å². The van der Waals surface area contributed by atoms with Crippen molar-refractivity contribution < 1.29 is 28.6 Å². The molecular formula is C34H30N2O6. The number of allylic oxidation sites excluding steroid dienone is 1. The first-order valence-corrected chi connectivity index (χ1v) is 13.0.